The van der Waals surface area contributed by atoms with Crippen molar-refractivity contribution in [1.82, 2.24) is 5.32 Å². The molecule has 0 aliphatic rings. The Labute approximate surface area is 137 Å². The van der Waals surface area contributed by atoms with E-state index in [1.165, 1.54) is 12.1 Å². The standard InChI is InChI=1S/C15H12Cl2N2O3/c1-9(11-4-2-3-5-13(11)16)18-15(20)12-7-6-10(19(21)22)8-14(12)17/h2-9H,1H3,(H,18,20)/t9-/m0/s1. The molecule has 0 bridgehead atoms. The van der Waals surface area contributed by atoms with Gasteiger partial charge in [-0.1, -0.05) is 41.4 Å². The maximum Gasteiger partial charge on any atom is 0.270 e. The van der Waals surface area contributed by atoms with E-state index < -0.39 is 10.8 Å². The largest absolute Gasteiger partial charge is 0.345 e. The highest BCUT2D eigenvalue weighted by Gasteiger charge is 2.18. The smallest absolute Gasteiger partial charge is 0.270 e. The van der Waals surface area contributed by atoms with Crippen LogP contribution in [0.1, 0.15) is 28.9 Å². The van der Waals surface area contributed by atoms with E-state index in [4.69, 9.17) is 23.2 Å². The Balaban J connectivity index is 2.19. The van der Waals surface area contributed by atoms with Crippen LogP contribution >= 0.6 is 23.2 Å². The number of benzene rings is 2. The summed E-state index contributed by atoms with van der Waals surface area (Å²) < 4.78 is 0. The molecule has 0 fully saturated rings. The second kappa shape index (κ2) is 6.77. The Morgan fingerprint density at radius 1 is 1.18 bits per heavy atom. The maximum absolute atomic E-state index is 12.2. The number of non-ortho nitro benzene ring substituents is 1. The molecule has 2 aromatic carbocycles. The van der Waals surface area contributed by atoms with E-state index in [1.54, 1.807) is 19.1 Å². The number of nitrogens with zero attached hydrogens (tertiary/aromatic N) is 1. The first-order valence-electron chi connectivity index (χ1n) is 6.39. The van der Waals surface area contributed by atoms with Crippen LogP contribution in [-0.4, -0.2) is 10.8 Å². The van der Waals surface area contributed by atoms with Gasteiger partial charge in [0.15, 0.2) is 0 Å². The highest BCUT2D eigenvalue weighted by Crippen LogP contribution is 2.25. The first kappa shape index (κ1) is 16.3. The minimum atomic E-state index is -0.570. The second-order valence-electron chi connectivity index (χ2n) is 4.64. The molecule has 1 amide bonds. The fourth-order valence-corrected chi connectivity index (χ4v) is 2.54. The highest BCUT2D eigenvalue weighted by atomic mass is 35.5. The van der Waals surface area contributed by atoms with Crippen molar-refractivity contribution in [2.24, 2.45) is 0 Å². The van der Waals surface area contributed by atoms with Gasteiger partial charge in [-0.05, 0) is 24.6 Å². The molecular weight excluding hydrogens is 327 g/mol. The van der Waals surface area contributed by atoms with Gasteiger partial charge in [0.2, 0.25) is 0 Å². The van der Waals surface area contributed by atoms with Gasteiger partial charge in [-0.3, -0.25) is 14.9 Å². The molecule has 2 aromatic rings. The number of nitrogens with one attached hydrogen (secondary N) is 1. The molecule has 7 heteroatoms. The van der Waals surface area contributed by atoms with E-state index in [0.717, 1.165) is 11.6 Å². The van der Waals surface area contributed by atoms with E-state index in [2.05, 4.69) is 5.32 Å². The maximum atomic E-state index is 12.2. The van der Waals surface area contributed by atoms with Gasteiger partial charge >= 0.3 is 0 Å². The van der Waals surface area contributed by atoms with Gasteiger partial charge in [0.05, 0.1) is 21.6 Å². The number of carbonyl (C=O) groups is 1. The quantitative estimate of drug-likeness (QED) is 0.663. The summed E-state index contributed by atoms with van der Waals surface area (Å²) in [5, 5.41) is 14.0. The molecule has 0 unspecified atom stereocenters. The van der Waals surface area contributed by atoms with Crippen molar-refractivity contribution in [3.05, 3.63) is 73.8 Å². The third kappa shape index (κ3) is 3.55. The minimum Gasteiger partial charge on any atom is -0.345 e. The topological polar surface area (TPSA) is 72.2 Å². The zero-order chi connectivity index (χ0) is 16.3. The molecule has 22 heavy (non-hydrogen) atoms. The number of amides is 1. The minimum absolute atomic E-state index is 0.0260. The molecule has 0 saturated heterocycles. The average molecular weight is 339 g/mol. The summed E-state index contributed by atoms with van der Waals surface area (Å²) in [6.45, 7) is 1.79. The second-order valence-corrected chi connectivity index (χ2v) is 5.45. The summed E-state index contributed by atoms with van der Waals surface area (Å²) in [7, 11) is 0. The molecule has 2 rings (SSSR count). The Kier molecular flexibility index (Phi) is 5.00. The molecule has 5 nitrogen and oxygen atoms in total. The van der Waals surface area contributed by atoms with Crippen molar-refractivity contribution in [3.63, 3.8) is 0 Å². The van der Waals surface area contributed by atoms with Gasteiger partial charge < -0.3 is 5.32 Å². The van der Waals surface area contributed by atoms with Gasteiger partial charge in [-0.25, -0.2) is 0 Å². The van der Waals surface area contributed by atoms with Crippen LogP contribution in [-0.2, 0) is 0 Å². The van der Waals surface area contributed by atoms with Crippen LogP contribution in [0.15, 0.2) is 42.5 Å². The van der Waals surface area contributed by atoms with Crippen molar-refractivity contribution >= 4 is 34.8 Å². The van der Waals surface area contributed by atoms with E-state index in [9.17, 15) is 14.9 Å². The van der Waals surface area contributed by atoms with Crippen molar-refractivity contribution < 1.29 is 9.72 Å². The summed E-state index contributed by atoms with van der Waals surface area (Å²) in [6.07, 6.45) is 0. The molecule has 0 aliphatic heterocycles. The average Bonchev–Trinajstić information content (AvgIpc) is 2.47. The monoisotopic (exact) mass is 338 g/mol. The van der Waals surface area contributed by atoms with Gasteiger partial charge in [0, 0.05) is 17.2 Å². The van der Waals surface area contributed by atoms with E-state index in [-0.39, 0.29) is 22.3 Å². The number of hydrogen-bond acceptors (Lipinski definition) is 3. The fourth-order valence-electron chi connectivity index (χ4n) is 1.98. The summed E-state index contributed by atoms with van der Waals surface area (Å²) in [4.78, 5) is 22.3. The molecule has 0 radical (unpaired) electrons. The molecule has 0 aliphatic carbocycles. The summed E-state index contributed by atoms with van der Waals surface area (Å²) in [6, 6.07) is 10.6. The Morgan fingerprint density at radius 3 is 2.45 bits per heavy atom. The van der Waals surface area contributed by atoms with E-state index >= 15 is 0 Å². The van der Waals surface area contributed by atoms with Gasteiger partial charge in [-0.2, -0.15) is 0 Å². The van der Waals surface area contributed by atoms with Crippen LogP contribution in [0.25, 0.3) is 0 Å². The van der Waals surface area contributed by atoms with E-state index in [0.29, 0.717) is 5.02 Å². The number of nitro groups is 1. The lowest BCUT2D eigenvalue weighted by atomic mass is 10.1. The summed E-state index contributed by atoms with van der Waals surface area (Å²) in [5.41, 5.74) is 0.780. The van der Waals surface area contributed by atoms with Crippen LogP contribution in [0.5, 0.6) is 0 Å². The molecule has 0 saturated carbocycles. The molecule has 0 heterocycles. The van der Waals surface area contributed by atoms with Gasteiger partial charge in [0.25, 0.3) is 11.6 Å². The first-order chi connectivity index (χ1) is 10.4. The summed E-state index contributed by atoms with van der Waals surface area (Å²) >= 11 is 12.0. The van der Waals surface area contributed by atoms with Crippen molar-refractivity contribution in [1.29, 1.82) is 0 Å². The van der Waals surface area contributed by atoms with Crippen LogP contribution in [0.3, 0.4) is 0 Å². The molecule has 0 spiro atoms. The van der Waals surface area contributed by atoms with Crippen LogP contribution < -0.4 is 5.32 Å². The zero-order valence-electron chi connectivity index (χ0n) is 11.5. The normalized spacial score (nSPS) is 11.8. The third-order valence-electron chi connectivity index (χ3n) is 3.13. The fraction of sp³-hybridized carbons (Fsp3) is 0.133. The molecule has 1 atom stereocenters. The zero-order valence-corrected chi connectivity index (χ0v) is 13.1. The van der Waals surface area contributed by atoms with Gasteiger partial charge in [0.1, 0.15) is 0 Å². The predicted molar refractivity (Wildman–Crippen MR) is 85.4 cm³/mol. The Hall–Kier alpha value is -2.11. The lowest BCUT2D eigenvalue weighted by molar-refractivity contribution is -0.384. The molecule has 1 N–H and O–H groups in total. The lowest BCUT2D eigenvalue weighted by Gasteiger charge is -2.16. The van der Waals surface area contributed by atoms with Gasteiger partial charge in [-0.15, -0.1) is 0 Å². The SMILES string of the molecule is C[C@H](NC(=O)c1ccc([N+](=O)[O-])cc1Cl)c1ccccc1Cl. The first-order valence-corrected chi connectivity index (χ1v) is 7.15. The highest BCUT2D eigenvalue weighted by molar-refractivity contribution is 6.34. The number of nitro benzene ring substituents is 1. The number of hydrogen-bond donors (Lipinski definition) is 1. The van der Waals surface area contributed by atoms with Crippen molar-refractivity contribution in [2.45, 2.75) is 13.0 Å². The number of carbonyl (C=O) groups excluding carboxylic acids is 1. The Bertz CT molecular complexity index is 734. The lowest BCUT2D eigenvalue weighted by Crippen LogP contribution is -2.27. The van der Waals surface area contributed by atoms with Crippen LogP contribution in [0, 0.1) is 10.1 Å². The van der Waals surface area contributed by atoms with Crippen LogP contribution in [0.4, 0.5) is 5.69 Å². The molecule has 114 valence electrons. The number of rotatable bonds is 4. The van der Waals surface area contributed by atoms with Crippen molar-refractivity contribution in [3.8, 4) is 0 Å². The molecule has 0 aromatic heterocycles. The molecular formula is C15H12Cl2N2O3. The van der Waals surface area contributed by atoms with E-state index in [1.807, 2.05) is 12.1 Å². The van der Waals surface area contributed by atoms with Crippen LogP contribution in [0.2, 0.25) is 10.0 Å². The van der Waals surface area contributed by atoms with Crippen molar-refractivity contribution in [2.75, 3.05) is 0 Å². The number of halogens is 2. The third-order valence-corrected chi connectivity index (χ3v) is 3.78. The Morgan fingerprint density at radius 2 is 1.86 bits per heavy atom. The predicted octanol–water partition coefficient (Wildman–Crippen LogP) is 4.39. The summed E-state index contributed by atoms with van der Waals surface area (Å²) in [5.74, 6) is -0.424.